The van der Waals surface area contributed by atoms with Gasteiger partial charge < -0.3 is 15.4 Å². The van der Waals surface area contributed by atoms with Crippen LogP contribution in [0.2, 0.25) is 0 Å². The second-order valence-corrected chi connectivity index (χ2v) is 5.75. The normalized spacial score (nSPS) is 11.0. The number of halogens is 2. The van der Waals surface area contributed by atoms with E-state index in [2.05, 4.69) is 10.6 Å². The molecule has 0 fully saturated rings. The van der Waals surface area contributed by atoms with E-state index in [-0.39, 0.29) is 13.1 Å². The van der Waals surface area contributed by atoms with Crippen molar-refractivity contribution in [2.75, 3.05) is 18.4 Å². The minimum absolute atomic E-state index is 0.168. The first-order valence-corrected chi connectivity index (χ1v) is 6.94. The molecule has 7 nitrogen and oxygen atoms in total. The number of nitro benzene ring substituents is 1. The van der Waals surface area contributed by atoms with Crippen LogP contribution < -0.4 is 10.6 Å². The third kappa shape index (κ3) is 6.45. The molecule has 2 N–H and O–H groups in total. The quantitative estimate of drug-likeness (QED) is 0.474. The average molecular weight is 331 g/mol. The van der Waals surface area contributed by atoms with Gasteiger partial charge >= 0.3 is 6.09 Å². The monoisotopic (exact) mass is 331 g/mol. The molecule has 0 aromatic heterocycles. The first-order valence-electron chi connectivity index (χ1n) is 6.94. The number of amides is 1. The number of nitro groups is 1. The van der Waals surface area contributed by atoms with Crippen molar-refractivity contribution in [2.24, 2.45) is 0 Å². The van der Waals surface area contributed by atoms with Crippen LogP contribution in [0.5, 0.6) is 0 Å². The molecule has 1 amide bonds. The van der Waals surface area contributed by atoms with Gasteiger partial charge in [-0.1, -0.05) is 0 Å². The summed E-state index contributed by atoms with van der Waals surface area (Å²) in [5.74, 6) is -2.09. The molecule has 9 heteroatoms. The van der Waals surface area contributed by atoms with Crippen molar-refractivity contribution in [1.29, 1.82) is 0 Å². The van der Waals surface area contributed by atoms with E-state index in [1.807, 2.05) is 0 Å². The number of rotatable bonds is 6. The summed E-state index contributed by atoms with van der Waals surface area (Å²) in [4.78, 5) is 21.0. The van der Waals surface area contributed by atoms with Crippen molar-refractivity contribution in [3.63, 3.8) is 0 Å². The summed E-state index contributed by atoms with van der Waals surface area (Å²) in [6.45, 7) is 5.61. The maximum Gasteiger partial charge on any atom is 0.407 e. The lowest BCUT2D eigenvalue weighted by atomic mass is 10.2. The Kier molecular flexibility index (Phi) is 6.23. The number of ether oxygens (including phenoxy) is 1. The number of nitrogens with one attached hydrogen (secondary N) is 2. The molecule has 1 aromatic carbocycles. The van der Waals surface area contributed by atoms with Crippen LogP contribution in [-0.2, 0) is 4.74 Å². The smallest absolute Gasteiger partial charge is 0.407 e. The predicted molar refractivity (Wildman–Crippen MR) is 80.4 cm³/mol. The van der Waals surface area contributed by atoms with Gasteiger partial charge in [0.15, 0.2) is 11.6 Å². The second-order valence-electron chi connectivity index (χ2n) is 5.75. The Morgan fingerprint density at radius 3 is 2.30 bits per heavy atom. The lowest BCUT2D eigenvalue weighted by Gasteiger charge is -2.19. The van der Waals surface area contributed by atoms with Gasteiger partial charge in [-0.15, -0.1) is 0 Å². The summed E-state index contributed by atoms with van der Waals surface area (Å²) in [7, 11) is 0. The first-order chi connectivity index (χ1) is 10.6. The van der Waals surface area contributed by atoms with E-state index in [0.717, 1.165) is 0 Å². The number of nitrogens with zero attached hydrogens (tertiary/aromatic N) is 1. The zero-order valence-corrected chi connectivity index (χ0v) is 13.1. The number of hydrogen-bond acceptors (Lipinski definition) is 5. The van der Waals surface area contributed by atoms with Crippen LogP contribution in [0.4, 0.5) is 25.0 Å². The van der Waals surface area contributed by atoms with Crippen LogP contribution in [-0.4, -0.2) is 29.7 Å². The summed E-state index contributed by atoms with van der Waals surface area (Å²) >= 11 is 0. The van der Waals surface area contributed by atoms with E-state index in [0.29, 0.717) is 18.6 Å². The molecule has 0 aliphatic carbocycles. The fraction of sp³-hybridized carbons (Fsp3) is 0.500. The van der Waals surface area contributed by atoms with Gasteiger partial charge in [-0.25, -0.2) is 13.6 Å². The number of anilines is 1. The highest BCUT2D eigenvalue weighted by molar-refractivity contribution is 5.67. The maximum absolute atomic E-state index is 13.6. The molecule has 0 spiro atoms. The molecular weight excluding hydrogens is 312 g/mol. The predicted octanol–water partition coefficient (Wildman–Crippen LogP) is 3.20. The van der Waals surface area contributed by atoms with Crippen molar-refractivity contribution in [3.8, 4) is 0 Å². The van der Waals surface area contributed by atoms with Crippen LogP contribution in [0.25, 0.3) is 0 Å². The maximum atomic E-state index is 13.6. The van der Waals surface area contributed by atoms with Crippen molar-refractivity contribution in [3.05, 3.63) is 33.9 Å². The summed E-state index contributed by atoms with van der Waals surface area (Å²) in [5, 5.41) is 15.5. The number of benzene rings is 1. The van der Waals surface area contributed by atoms with Crippen molar-refractivity contribution < 1.29 is 23.2 Å². The Bertz CT molecular complexity index is 565. The van der Waals surface area contributed by atoms with Crippen LogP contribution in [0.15, 0.2) is 12.1 Å². The molecule has 0 heterocycles. The van der Waals surface area contributed by atoms with Crippen LogP contribution in [0, 0.1) is 21.7 Å². The molecule has 0 radical (unpaired) electrons. The standard InChI is InChI=1S/C14H19F2N3O4/c1-14(2,3)23-13(20)18-6-4-5-17-12-10(15)7-9(19(21)22)8-11(12)16/h7-8,17H,4-6H2,1-3H3,(H,18,20). The number of carbonyl (C=O) groups excluding carboxylic acids is 1. The molecule has 0 aliphatic rings. The molecular formula is C14H19F2N3O4. The Morgan fingerprint density at radius 1 is 1.26 bits per heavy atom. The number of carbonyl (C=O) groups is 1. The highest BCUT2D eigenvalue weighted by atomic mass is 19.1. The third-order valence-corrected chi connectivity index (χ3v) is 2.56. The Morgan fingerprint density at radius 2 is 1.83 bits per heavy atom. The Labute approximate surface area is 132 Å². The zero-order chi connectivity index (χ0) is 17.6. The minimum Gasteiger partial charge on any atom is -0.444 e. The van der Waals surface area contributed by atoms with Gasteiger partial charge in [-0.05, 0) is 27.2 Å². The molecule has 0 unspecified atom stereocenters. The highest BCUT2D eigenvalue weighted by Crippen LogP contribution is 2.24. The molecule has 0 saturated carbocycles. The van der Waals surface area contributed by atoms with Crippen molar-refractivity contribution in [1.82, 2.24) is 5.32 Å². The molecule has 0 saturated heterocycles. The SMILES string of the molecule is CC(C)(C)OC(=O)NCCCNc1c(F)cc([N+](=O)[O-])cc1F. The average Bonchev–Trinajstić information content (AvgIpc) is 2.38. The van der Waals surface area contributed by atoms with Crippen molar-refractivity contribution in [2.45, 2.75) is 32.8 Å². The van der Waals surface area contributed by atoms with Gasteiger partial charge in [0.05, 0.1) is 17.1 Å². The molecule has 0 bridgehead atoms. The second kappa shape index (κ2) is 7.70. The van der Waals surface area contributed by atoms with Gasteiger partial charge in [0, 0.05) is 13.1 Å². The third-order valence-electron chi connectivity index (χ3n) is 2.56. The van der Waals surface area contributed by atoms with Gasteiger partial charge in [-0.2, -0.15) is 0 Å². The van der Waals surface area contributed by atoms with Crippen molar-refractivity contribution >= 4 is 17.5 Å². The molecule has 1 aromatic rings. The number of hydrogen-bond donors (Lipinski definition) is 2. The first kappa shape index (κ1) is 18.6. The van der Waals surface area contributed by atoms with E-state index in [4.69, 9.17) is 4.74 Å². The molecule has 0 aliphatic heterocycles. The summed E-state index contributed by atoms with van der Waals surface area (Å²) in [5.41, 5.74) is -1.70. The van der Waals surface area contributed by atoms with Gasteiger partial charge in [0.1, 0.15) is 11.3 Å². The van der Waals surface area contributed by atoms with Crippen LogP contribution >= 0.6 is 0 Å². The van der Waals surface area contributed by atoms with Crippen LogP contribution in [0.1, 0.15) is 27.2 Å². The topological polar surface area (TPSA) is 93.5 Å². The molecule has 128 valence electrons. The van der Waals surface area contributed by atoms with E-state index in [1.54, 1.807) is 20.8 Å². The molecule has 0 atom stereocenters. The fourth-order valence-electron chi connectivity index (χ4n) is 1.64. The highest BCUT2D eigenvalue weighted by Gasteiger charge is 2.17. The summed E-state index contributed by atoms with van der Waals surface area (Å²) in [6, 6.07) is 1.29. The lowest BCUT2D eigenvalue weighted by Crippen LogP contribution is -2.33. The minimum atomic E-state index is -1.04. The summed E-state index contributed by atoms with van der Waals surface area (Å²) < 4.78 is 32.2. The molecule has 23 heavy (non-hydrogen) atoms. The number of alkyl carbamates (subject to hydrolysis) is 1. The van der Waals surface area contributed by atoms with Gasteiger partial charge in [0.2, 0.25) is 0 Å². The lowest BCUT2D eigenvalue weighted by molar-refractivity contribution is -0.385. The molecule has 1 rings (SSSR count). The van der Waals surface area contributed by atoms with E-state index in [9.17, 15) is 23.7 Å². The van der Waals surface area contributed by atoms with E-state index >= 15 is 0 Å². The van der Waals surface area contributed by atoms with Gasteiger partial charge in [0.25, 0.3) is 5.69 Å². The van der Waals surface area contributed by atoms with E-state index in [1.165, 1.54) is 0 Å². The fourth-order valence-corrected chi connectivity index (χ4v) is 1.64. The zero-order valence-electron chi connectivity index (χ0n) is 13.1. The van der Waals surface area contributed by atoms with E-state index < -0.39 is 39.6 Å². The Balaban J connectivity index is 2.42. The van der Waals surface area contributed by atoms with Gasteiger partial charge in [-0.3, -0.25) is 10.1 Å². The van der Waals surface area contributed by atoms with Crippen LogP contribution in [0.3, 0.4) is 0 Å². The Hall–Kier alpha value is -2.45. The number of non-ortho nitro benzene ring substituents is 1. The largest absolute Gasteiger partial charge is 0.444 e. The summed E-state index contributed by atoms with van der Waals surface area (Å²) in [6.07, 6.45) is -0.194.